The molecule has 4 heteroatoms. The second-order valence-electron chi connectivity index (χ2n) is 5.80. The maximum absolute atomic E-state index is 9.16. The zero-order valence-electron chi connectivity index (χ0n) is 11.8. The summed E-state index contributed by atoms with van der Waals surface area (Å²) in [5.74, 6) is 0.687. The first-order chi connectivity index (χ1) is 9.71. The van der Waals surface area contributed by atoms with Crippen LogP contribution in [0.25, 0.3) is 0 Å². The Morgan fingerprint density at radius 3 is 2.95 bits per heavy atom. The standard InChI is InChI=1S/C16H20N2O2/c1-12-2-3-13(10-17)15(8-12)20-14-9-16(19-11-14)4-6-18-7-5-16/h2-3,8,14,18H,4-7,9,11H2,1H3. The molecule has 20 heavy (non-hydrogen) atoms. The molecular formula is C16H20N2O2. The smallest absolute Gasteiger partial charge is 0.137 e. The van der Waals surface area contributed by atoms with Gasteiger partial charge in [0.2, 0.25) is 0 Å². The number of hydrogen-bond acceptors (Lipinski definition) is 4. The Balaban J connectivity index is 1.70. The first-order valence-corrected chi connectivity index (χ1v) is 7.23. The van der Waals surface area contributed by atoms with Crippen molar-refractivity contribution in [2.75, 3.05) is 19.7 Å². The maximum Gasteiger partial charge on any atom is 0.137 e. The first-order valence-electron chi connectivity index (χ1n) is 7.23. The summed E-state index contributed by atoms with van der Waals surface area (Å²) in [5.41, 5.74) is 1.70. The second-order valence-corrected chi connectivity index (χ2v) is 5.80. The molecule has 106 valence electrons. The van der Waals surface area contributed by atoms with Gasteiger partial charge in [0.05, 0.1) is 17.8 Å². The Morgan fingerprint density at radius 2 is 2.20 bits per heavy atom. The van der Waals surface area contributed by atoms with Gasteiger partial charge in [-0.2, -0.15) is 5.26 Å². The lowest BCUT2D eigenvalue weighted by Crippen LogP contribution is -2.41. The molecule has 1 aromatic carbocycles. The molecule has 2 fully saturated rings. The summed E-state index contributed by atoms with van der Waals surface area (Å²) in [5, 5.41) is 12.5. The molecule has 2 aliphatic heterocycles. The number of piperidine rings is 1. The van der Waals surface area contributed by atoms with Crippen LogP contribution in [0.1, 0.15) is 30.4 Å². The molecular weight excluding hydrogens is 252 g/mol. The van der Waals surface area contributed by atoms with Crippen LogP contribution < -0.4 is 10.1 Å². The van der Waals surface area contributed by atoms with Crippen LogP contribution in [0, 0.1) is 18.3 Å². The Morgan fingerprint density at radius 1 is 1.40 bits per heavy atom. The quantitative estimate of drug-likeness (QED) is 0.896. The number of nitriles is 1. The van der Waals surface area contributed by atoms with Crippen LogP contribution in [-0.2, 0) is 4.74 Å². The Bertz CT molecular complexity index is 530. The average Bonchev–Trinajstić information content (AvgIpc) is 2.82. The van der Waals surface area contributed by atoms with E-state index < -0.39 is 0 Å². The Labute approximate surface area is 119 Å². The van der Waals surface area contributed by atoms with Crippen LogP contribution in [0.4, 0.5) is 0 Å². The third-order valence-electron chi connectivity index (χ3n) is 4.24. The normalized spacial score (nSPS) is 24.5. The monoisotopic (exact) mass is 272 g/mol. The second kappa shape index (κ2) is 5.43. The maximum atomic E-state index is 9.16. The Hall–Kier alpha value is -1.57. The van der Waals surface area contributed by atoms with Crippen molar-refractivity contribution in [2.45, 2.75) is 37.9 Å². The summed E-state index contributed by atoms with van der Waals surface area (Å²) < 4.78 is 12.1. The van der Waals surface area contributed by atoms with Gasteiger partial charge in [-0.25, -0.2) is 0 Å². The molecule has 1 N–H and O–H groups in total. The van der Waals surface area contributed by atoms with Crippen LogP contribution in [0.3, 0.4) is 0 Å². The van der Waals surface area contributed by atoms with E-state index in [0.29, 0.717) is 17.9 Å². The lowest BCUT2D eigenvalue weighted by atomic mass is 9.89. The van der Waals surface area contributed by atoms with Gasteiger partial charge in [0, 0.05) is 6.42 Å². The molecule has 1 unspecified atom stereocenters. The Kier molecular flexibility index (Phi) is 3.64. The van der Waals surface area contributed by atoms with E-state index in [2.05, 4.69) is 11.4 Å². The van der Waals surface area contributed by atoms with Gasteiger partial charge >= 0.3 is 0 Å². The summed E-state index contributed by atoms with van der Waals surface area (Å²) in [6.07, 6.45) is 3.08. The zero-order valence-corrected chi connectivity index (χ0v) is 11.8. The molecule has 3 rings (SSSR count). The van der Waals surface area contributed by atoms with E-state index in [-0.39, 0.29) is 11.7 Å². The van der Waals surface area contributed by atoms with Crippen LogP contribution in [0.5, 0.6) is 5.75 Å². The molecule has 0 amide bonds. The summed E-state index contributed by atoms with van der Waals surface area (Å²) in [4.78, 5) is 0. The molecule has 0 saturated carbocycles. The number of nitrogens with one attached hydrogen (secondary N) is 1. The number of hydrogen-bond donors (Lipinski definition) is 1. The average molecular weight is 272 g/mol. The topological polar surface area (TPSA) is 54.3 Å². The van der Waals surface area contributed by atoms with Crippen molar-refractivity contribution in [3.63, 3.8) is 0 Å². The fraction of sp³-hybridized carbons (Fsp3) is 0.562. The van der Waals surface area contributed by atoms with E-state index in [1.165, 1.54) is 0 Å². The third kappa shape index (κ3) is 2.65. The fourth-order valence-electron chi connectivity index (χ4n) is 3.11. The van der Waals surface area contributed by atoms with Gasteiger partial charge in [-0.1, -0.05) is 6.07 Å². The van der Waals surface area contributed by atoms with Gasteiger partial charge in [0.15, 0.2) is 0 Å². The van der Waals surface area contributed by atoms with E-state index in [1.54, 1.807) is 0 Å². The fourth-order valence-corrected chi connectivity index (χ4v) is 3.11. The first kappa shape index (κ1) is 13.4. The number of ether oxygens (including phenoxy) is 2. The molecule has 4 nitrogen and oxygen atoms in total. The van der Waals surface area contributed by atoms with Gasteiger partial charge in [0.1, 0.15) is 17.9 Å². The van der Waals surface area contributed by atoms with Crippen molar-refractivity contribution in [2.24, 2.45) is 0 Å². The van der Waals surface area contributed by atoms with Gasteiger partial charge in [-0.3, -0.25) is 0 Å². The van der Waals surface area contributed by atoms with Crippen LogP contribution in [0.2, 0.25) is 0 Å². The van der Waals surface area contributed by atoms with Crippen molar-refractivity contribution in [3.8, 4) is 11.8 Å². The molecule has 0 radical (unpaired) electrons. The molecule has 1 aromatic rings. The summed E-state index contributed by atoms with van der Waals surface area (Å²) in [7, 11) is 0. The largest absolute Gasteiger partial charge is 0.487 e. The van der Waals surface area contributed by atoms with Crippen molar-refractivity contribution in [3.05, 3.63) is 29.3 Å². The minimum atomic E-state index is -0.00739. The van der Waals surface area contributed by atoms with Crippen LogP contribution in [0.15, 0.2) is 18.2 Å². The van der Waals surface area contributed by atoms with Crippen molar-refractivity contribution < 1.29 is 9.47 Å². The molecule has 1 atom stereocenters. The molecule has 2 saturated heterocycles. The summed E-state index contributed by atoms with van der Waals surface area (Å²) in [6.45, 7) is 4.66. The predicted octanol–water partition coefficient (Wildman–Crippen LogP) is 2.16. The minimum absolute atomic E-state index is 0.00739. The molecule has 2 aliphatic rings. The molecule has 2 heterocycles. The van der Waals surface area contributed by atoms with E-state index in [4.69, 9.17) is 14.7 Å². The number of rotatable bonds is 2. The highest BCUT2D eigenvalue weighted by Gasteiger charge is 2.42. The van der Waals surface area contributed by atoms with E-state index in [9.17, 15) is 0 Å². The van der Waals surface area contributed by atoms with Gasteiger partial charge in [0.25, 0.3) is 0 Å². The SMILES string of the molecule is Cc1ccc(C#N)c(OC2COC3(CCNCC3)C2)c1. The number of nitrogens with zero attached hydrogens (tertiary/aromatic N) is 1. The van der Waals surface area contributed by atoms with Crippen molar-refractivity contribution in [1.29, 1.82) is 5.26 Å². The molecule has 0 aliphatic carbocycles. The van der Waals surface area contributed by atoms with E-state index >= 15 is 0 Å². The highest BCUT2D eigenvalue weighted by atomic mass is 16.6. The van der Waals surface area contributed by atoms with E-state index in [0.717, 1.165) is 37.9 Å². The van der Waals surface area contributed by atoms with Crippen LogP contribution in [-0.4, -0.2) is 31.4 Å². The van der Waals surface area contributed by atoms with Gasteiger partial charge in [-0.15, -0.1) is 0 Å². The highest BCUT2D eigenvalue weighted by molar-refractivity contribution is 5.45. The third-order valence-corrected chi connectivity index (χ3v) is 4.24. The van der Waals surface area contributed by atoms with Crippen molar-refractivity contribution in [1.82, 2.24) is 5.32 Å². The molecule has 1 spiro atoms. The van der Waals surface area contributed by atoms with Crippen LogP contribution >= 0.6 is 0 Å². The minimum Gasteiger partial charge on any atom is -0.487 e. The summed E-state index contributed by atoms with van der Waals surface area (Å²) in [6, 6.07) is 7.88. The van der Waals surface area contributed by atoms with Gasteiger partial charge < -0.3 is 14.8 Å². The predicted molar refractivity (Wildman–Crippen MR) is 75.7 cm³/mol. The molecule has 0 aromatic heterocycles. The number of benzene rings is 1. The highest BCUT2D eigenvalue weighted by Crippen LogP contribution is 2.36. The zero-order chi connectivity index (χ0) is 14.0. The van der Waals surface area contributed by atoms with E-state index in [1.807, 2.05) is 25.1 Å². The van der Waals surface area contributed by atoms with Gasteiger partial charge in [-0.05, 0) is 50.6 Å². The number of aryl methyl sites for hydroxylation is 1. The lowest BCUT2D eigenvalue weighted by molar-refractivity contribution is -0.0205. The van der Waals surface area contributed by atoms with Crippen molar-refractivity contribution >= 4 is 0 Å². The lowest BCUT2D eigenvalue weighted by Gasteiger charge is -2.32. The molecule has 0 bridgehead atoms. The summed E-state index contributed by atoms with van der Waals surface area (Å²) >= 11 is 0.